The minimum atomic E-state index is -1.25. The van der Waals surface area contributed by atoms with E-state index in [0.29, 0.717) is 6.54 Å². The van der Waals surface area contributed by atoms with Crippen molar-refractivity contribution in [3.05, 3.63) is 0 Å². The van der Waals surface area contributed by atoms with Crippen molar-refractivity contribution < 1.29 is 19.8 Å². The zero-order valence-corrected chi connectivity index (χ0v) is 10.3. The van der Waals surface area contributed by atoms with Crippen LogP contribution in [0.5, 0.6) is 0 Å². The molecule has 0 heterocycles. The molecule has 0 bridgehead atoms. The monoisotopic (exact) mass is 247 g/mol. The summed E-state index contributed by atoms with van der Waals surface area (Å²) in [5.74, 6) is -1.25. The molecule has 0 radical (unpaired) electrons. The number of carbonyl (C=O) groups excluding carboxylic acids is 1. The molecule has 0 aromatic heterocycles. The maximum absolute atomic E-state index is 11.2. The third-order valence-corrected chi connectivity index (χ3v) is 2.10. The number of aliphatic carboxylic acids is 1. The minimum Gasteiger partial charge on any atom is -0.480 e. The highest BCUT2D eigenvalue weighted by molar-refractivity contribution is 5.82. The molecule has 0 aromatic carbocycles. The van der Waals surface area contributed by atoms with Crippen LogP contribution in [0.15, 0.2) is 0 Å². The zero-order valence-electron chi connectivity index (χ0n) is 10.3. The molecule has 0 aliphatic carbocycles. The number of hydrogen-bond acceptors (Lipinski definition) is 4. The molecule has 17 heavy (non-hydrogen) atoms. The van der Waals surface area contributed by atoms with Gasteiger partial charge in [0.05, 0.1) is 6.61 Å². The Balaban J connectivity index is 3.62. The van der Waals surface area contributed by atoms with E-state index in [1.165, 1.54) is 0 Å². The van der Waals surface area contributed by atoms with Gasteiger partial charge in [-0.3, -0.25) is 0 Å². The average molecular weight is 247 g/mol. The van der Waals surface area contributed by atoms with E-state index in [4.69, 9.17) is 10.2 Å². The Hall–Kier alpha value is -1.34. The Morgan fingerprint density at radius 1 is 1.29 bits per heavy atom. The van der Waals surface area contributed by atoms with Gasteiger partial charge in [0.25, 0.3) is 0 Å². The Labute approximate surface area is 101 Å². The fourth-order valence-corrected chi connectivity index (χ4v) is 1.15. The lowest BCUT2D eigenvalue weighted by molar-refractivity contribution is -0.140. The van der Waals surface area contributed by atoms with Crippen LogP contribution in [-0.2, 0) is 4.79 Å². The minimum absolute atomic E-state index is 0.484. The largest absolute Gasteiger partial charge is 0.480 e. The number of carboxylic acids is 1. The maximum Gasteiger partial charge on any atom is 0.328 e. The molecule has 100 valence electrons. The highest BCUT2D eigenvalue weighted by Crippen LogP contribution is 1.89. The molecule has 7 heteroatoms. The molecule has 0 spiro atoms. The smallest absolute Gasteiger partial charge is 0.328 e. The molecule has 0 aliphatic rings. The van der Waals surface area contributed by atoms with Gasteiger partial charge in [-0.2, -0.15) is 0 Å². The van der Waals surface area contributed by atoms with Crippen LogP contribution in [0.25, 0.3) is 0 Å². The molecule has 0 saturated heterocycles. The molecule has 1 atom stereocenters. The van der Waals surface area contributed by atoms with Gasteiger partial charge in [-0.1, -0.05) is 0 Å². The van der Waals surface area contributed by atoms with E-state index < -0.39 is 24.6 Å². The van der Waals surface area contributed by atoms with Crippen LogP contribution < -0.4 is 10.6 Å². The SMILES string of the molecule is CN(C)CCCCNC(=O)NC(CO)C(=O)O. The van der Waals surface area contributed by atoms with Crippen molar-refractivity contribution in [2.45, 2.75) is 18.9 Å². The Kier molecular flexibility index (Phi) is 8.08. The van der Waals surface area contributed by atoms with E-state index in [1.54, 1.807) is 0 Å². The summed E-state index contributed by atoms with van der Waals surface area (Å²) < 4.78 is 0. The number of amides is 2. The third-order valence-electron chi connectivity index (χ3n) is 2.10. The first-order valence-corrected chi connectivity index (χ1v) is 5.50. The van der Waals surface area contributed by atoms with Crippen molar-refractivity contribution in [1.82, 2.24) is 15.5 Å². The molecule has 0 aromatic rings. The number of hydrogen-bond donors (Lipinski definition) is 4. The number of nitrogens with one attached hydrogen (secondary N) is 2. The van der Waals surface area contributed by atoms with Crippen molar-refractivity contribution in [3.8, 4) is 0 Å². The first kappa shape index (κ1) is 15.7. The van der Waals surface area contributed by atoms with E-state index in [1.807, 2.05) is 19.0 Å². The molecule has 4 N–H and O–H groups in total. The molecule has 0 fully saturated rings. The summed E-state index contributed by atoms with van der Waals surface area (Å²) in [7, 11) is 3.94. The second-order valence-electron chi connectivity index (χ2n) is 3.98. The van der Waals surface area contributed by atoms with E-state index in [-0.39, 0.29) is 0 Å². The fraction of sp³-hybridized carbons (Fsp3) is 0.800. The number of unbranched alkanes of at least 4 members (excludes halogenated alkanes) is 1. The average Bonchev–Trinajstić information content (AvgIpc) is 2.24. The lowest BCUT2D eigenvalue weighted by Gasteiger charge is -2.13. The molecule has 2 amide bonds. The summed E-state index contributed by atoms with van der Waals surface area (Å²) in [6.07, 6.45) is 1.78. The highest BCUT2D eigenvalue weighted by atomic mass is 16.4. The van der Waals surface area contributed by atoms with Crippen LogP contribution in [-0.4, -0.2) is 66.9 Å². The van der Waals surface area contributed by atoms with Gasteiger partial charge in [-0.05, 0) is 33.5 Å². The predicted molar refractivity (Wildman–Crippen MR) is 62.8 cm³/mol. The van der Waals surface area contributed by atoms with Gasteiger partial charge in [-0.15, -0.1) is 0 Å². The molecule has 0 saturated carbocycles. The molecular weight excluding hydrogens is 226 g/mol. The predicted octanol–water partition coefficient (Wildman–Crippen LogP) is -0.927. The Morgan fingerprint density at radius 3 is 2.41 bits per heavy atom. The second-order valence-corrected chi connectivity index (χ2v) is 3.98. The highest BCUT2D eigenvalue weighted by Gasteiger charge is 2.17. The first-order chi connectivity index (χ1) is 7.97. The Bertz CT molecular complexity index is 246. The van der Waals surface area contributed by atoms with E-state index in [9.17, 15) is 9.59 Å². The van der Waals surface area contributed by atoms with Gasteiger partial charge in [0.15, 0.2) is 6.04 Å². The summed E-state index contributed by atoms with van der Waals surface area (Å²) in [5, 5.41) is 22.0. The number of aliphatic hydroxyl groups excluding tert-OH is 1. The normalized spacial score (nSPS) is 12.2. The number of rotatable bonds is 8. The fourth-order valence-electron chi connectivity index (χ4n) is 1.15. The zero-order chi connectivity index (χ0) is 13.3. The number of carboxylic acid groups (broad SMARTS) is 1. The van der Waals surface area contributed by atoms with Crippen molar-refractivity contribution in [3.63, 3.8) is 0 Å². The second kappa shape index (κ2) is 8.77. The lowest BCUT2D eigenvalue weighted by atomic mass is 10.3. The Morgan fingerprint density at radius 2 is 1.94 bits per heavy atom. The standard InChI is InChI=1S/C10H21N3O4/c1-13(2)6-4-3-5-11-10(17)12-8(7-14)9(15)16/h8,14H,3-7H2,1-2H3,(H,15,16)(H2,11,12,17). The summed E-state index contributed by atoms with van der Waals surface area (Å²) in [6.45, 7) is 0.804. The number of nitrogens with zero attached hydrogens (tertiary/aromatic N) is 1. The topological polar surface area (TPSA) is 102 Å². The van der Waals surface area contributed by atoms with Crippen LogP contribution in [0.2, 0.25) is 0 Å². The lowest BCUT2D eigenvalue weighted by Crippen LogP contribution is -2.48. The van der Waals surface area contributed by atoms with Gasteiger partial charge in [-0.25, -0.2) is 9.59 Å². The van der Waals surface area contributed by atoms with Gasteiger partial charge in [0.2, 0.25) is 0 Å². The quantitative estimate of drug-likeness (QED) is 0.415. The van der Waals surface area contributed by atoms with Crippen LogP contribution >= 0.6 is 0 Å². The van der Waals surface area contributed by atoms with Gasteiger partial charge in [0, 0.05) is 6.54 Å². The van der Waals surface area contributed by atoms with Gasteiger partial charge < -0.3 is 25.7 Å². The molecule has 1 unspecified atom stereocenters. The summed E-state index contributed by atoms with van der Waals surface area (Å²) in [6, 6.07) is -1.83. The third kappa shape index (κ3) is 8.47. The van der Waals surface area contributed by atoms with E-state index in [2.05, 4.69) is 10.6 Å². The molecule has 0 rings (SSSR count). The summed E-state index contributed by atoms with van der Waals surface area (Å²) >= 11 is 0. The number of carbonyl (C=O) groups is 2. The van der Waals surface area contributed by atoms with Crippen molar-refractivity contribution >= 4 is 12.0 Å². The maximum atomic E-state index is 11.2. The molecular formula is C10H21N3O4. The summed E-state index contributed by atoms with van der Waals surface area (Å²) in [4.78, 5) is 23.8. The van der Waals surface area contributed by atoms with Crippen LogP contribution in [0.3, 0.4) is 0 Å². The van der Waals surface area contributed by atoms with Gasteiger partial charge in [0.1, 0.15) is 0 Å². The van der Waals surface area contributed by atoms with Crippen molar-refractivity contribution in [2.24, 2.45) is 0 Å². The van der Waals surface area contributed by atoms with Crippen LogP contribution in [0, 0.1) is 0 Å². The number of urea groups is 1. The molecule has 0 aliphatic heterocycles. The van der Waals surface area contributed by atoms with Crippen molar-refractivity contribution in [1.29, 1.82) is 0 Å². The van der Waals surface area contributed by atoms with Crippen molar-refractivity contribution in [2.75, 3.05) is 33.8 Å². The van der Waals surface area contributed by atoms with E-state index in [0.717, 1.165) is 19.4 Å². The van der Waals surface area contributed by atoms with Crippen LogP contribution in [0.4, 0.5) is 4.79 Å². The first-order valence-electron chi connectivity index (χ1n) is 5.50. The summed E-state index contributed by atoms with van der Waals surface area (Å²) in [5.41, 5.74) is 0. The van der Waals surface area contributed by atoms with Crippen LogP contribution in [0.1, 0.15) is 12.8 Å². The number of aliphatic hydroxyl groups is 1. The van der Waals surface area contributed by atoms with Gasteiger partial charge >= 0.3 is 12.0 Å². The molecule has 7 nitrogen and oxygen atoms in total. The van der Waals surface area contributed by atoms with E-state index >= 15 is 0 Å².